The van der Waals surface area contributed by atoms with Crippen LogP contribution in [0.3, 0.4) is 0 Å². The van der Waals surface area contributed by atoms with Gasteiger partial charge in [0.15, 0.2) is 16.3 Å². The Morgan fingerprint density at radius 1 is 1.22 bits per heavy atom. The second-order valence-corrected chi connectivity index (χ2v) is 10.5. The number of aromatic nitrogens is 1. The maximum atomic E-state index is 13.9. The van der Waals surface area contributed by atoms with Crippen molar-refractivity contribution < 1.29 is 19.0 Å². The highest BCUT2D eigenvalue weighted by molar-refractivity contribution is 7.98. The molecule has 1 atom stereocenters. The first-order valence-electron chi connectivity index (χ1n) is 12.0. The molecule has 0 bridgehead atoms. The number of fused-ring (bicyclic) bond motifs is 1. The molecule has 9 heteroatoms. The normalized spacial score (nSPS) is 15.4. The first-order valence-corrected chi connectivity index (χ1v) is 14.0. The van der Waals surface area contributed by atoms with Crippen LogP contribution in [-0.2, 0) is 9.53 Å². The number of carbonyl (C=O) groups excluding carboxylic acids is 1. The van der Waals surface area contributed by atoms with Crippen LogP contribution in [0.1, 0.15) is 44.9 Å². The average molecular weight is 539 g/mol. The predicted octanol–water partition coefficient (Wildman–Crippen LogP) is 4.32. The number of methoxy groups -OCH3 is 1. The van der Waals surface area contributed by atoms with Crippen molar-refractivity contribution in [2.45, 2.75) is 44.7 Å². The summed E-state index contributed by atoms with van der Waals surface area (Å²) < 4.78 is 18.9. The Hall–Kier alpha value is -3.30. The van der Waals surface area contributed by atoms with Crippen LogP contribution in [0.5, 0.6) is 11.5 Å². The molecule has 0 saturated carbocycles. The van der Waals surface area contributed by atoms with Crippen molar-refractivity contribution in [2.24, 2.45) is 4.99 Å². The van der Waals surface area contributed by atoms with Crippen molar-refractivity contribution >= 4 is 35.1 Å². The van der Waals surface area contributed by atoms with Gasteiger partial charge in [-0.05, 0) is 63.8 Å². The van der Waals surface area contributed by atoms with Crippen molar-refractivity contribution in [3.63, 3.8) is 0 Å². The summed E-state index contributed by atoms with van der Waals surface area (Å²) in [5.41, 5.74) is 2.19. The molecule has 7 nitrogen and oxygen atoms in total. The largest absolute Gasteiger partial charge is 0.493 e. The molecule has 0 saturated heterocycles. The number of para-hydroxylation sites is 1. The zero-order chi connectivity index (χ0) is 26.7. The average Bonchev–Trinajstić information content (AvgIpc) is 3.18. The van der Waals surface area contributed by atoms with Crippen LogP contribution in [0.15, 0.2) is 68.4 Å². The Labute approximate surface area is 224 Å². The van der Waals surface area contributed by atoms with E-state index in [2.05, 4.69) is 4.99 Å². The molecule has 1 aromatic heterocycles. The first kappa shape index (κ1) is 26.8. The zero-order valence-electron chi connectivity index (χ0n) is 21.7. The minimum absolute atomic E-state index is 0.240. The summed E-state index contributed by atoms with van der Waals surface area (Å²) in [7, 11) is 1.58. The second-order valence-electron chi connectivity index (χ2n) is 8.62. The fourth-order valence-corrected chi connectivity index (χ4v) is 5.65. The van der Waals surface area contributed by atoms with E-state index < -0.39 is 12.0 Å². The third kappa shape index (κ3) is 5.38. The summed E-state index contributed by atoms with van der Waals surface area (Å²) in [6, 6.07) is 12.8. The topological polar surface area (TPSA) is 79.1 Å². The highest BCUT2D eigenvalue weighted by Gasteiger charge is 2.33. The van der Waals surface area contributed by atoms with Gasteiger partial charge in [0.1, 0.15) is 0 Å². The molecular formula is C28H30N2O5S2. The van der Waals surface area contributed by atoms with Gasteiger partial charge in [0.25, 0.3) is 5.56 Å². The molecule has 3 aromatic rings. The van der Waals surface area contributed by atoms with Gasteiger partial charge in [-0.3, -0.25) is 9.36 Å². The van der Waals surface area contributed by atoms with E-state index >= 15 is 0 Å². The summed E-state index contributed by atoms with van der Waals surface area (Å²) in [6.07, 6.45) is 3.49. The number of carbonyl (C=O) groups is 1. The Bertz CT molecular complexity index is 1520. The Morgan fingerprint density at radius 3 is 2.57 bits per heavy atom. The molecule has 1 aliphatic rings. The van der Waals surface area contributed by atoms with Gasteiger partial charge >= 0.3 is 5.97 Å². The lowest BCUT2D eigenvalue weighted by molar-refractivity contribution is -0.143. The standard InChI is InChI=1S/C28H30N2O5S2/c1-7-34-25-19(9-8-10-21(25)33-5)15-22-26(31)30-24(18-11-13-20(36-6)14-12-18)23(27(32)35-16(2)3)17(4)29-28(30)37-22/h8-16,24H,7H2,1-6H3/b22-15-/t24-/m1/s1. The number of rotatable bonds is 8. The lowest BCUT2D eigenvalue weighted by atomic mass is 9.96. The van der Waals surface area contributed by atoms with E-state index in [4.69, 9.17) is 14.2 Å². The minimum atomic E-state index is -0.655. The Kier molecular flexibility index (Phi) is 8.24. The van der Waals surface area contributed by atoms with Gasteiger partial charge in [-0.25, -0.2) is 9.79 Å². The maximum Gasteiger partial charge on any atom is 0.338 e. The number of esters is 1. The summed E-state index contributed by atoms with van der Waals surface area (Å²) in [5, 5.41) is 0. The number of ether oxygens (including phenoxy) is 3. The molecule has 0 amide bonds. The van der Waals surface area contributed by atoms with Gasteiger partial charge in [0.2, 0.25) is 0 Å². The molecule has 0 fully saturated rings. The molecule has 2 aromatic carbocycles. The molecule has 1 aliphatic heterocycles. The van der Waals surface area contributed by atoms with Gasteiger partial charge in [0.05, 0.1) is 41.7 Å². The predicted molar refractivity (Wildman–Crippen MR) is 147 cm³/mol. The van der Waals surface area contributed by atoms with E-state index in [9.17, 15) is 9.59 Å². The van der Waals surface area contributed by atoms with Gasteiger partial charge < -0.3 is 14.2 Å². The molecule has 0 N–H and O–H groups in total. The lowest BCUT2D eigenvalue weighted by Gasteiger charge is -2.25. The Morgan fingerprint density at radius 2 is 1.95 bits per heavy atom. The van der Waals surface area contributed by atoms with Crippen molar-refractivity contribution in [3.8, 4) is 11.5 Å². The van der Waals surface area contributed by atoms with Crippen molar-refractivity contribution in [3.05, 3.63) is 84.5 Å². The molecule has 0 unspecified atom stereocenters. The van der Waals surface area contributed by atoms with E-state index in [1.165, 1.54) is 11.3 Å². The molecule has 4 rings (SSSR count). The Balaban J connectivity index is 1.94. The quantitative estimate of drug-likeness (QED) is 0.314. The number of thiazole rings is 1. The third-order valence-corrected chi connectivity index (χ3v) is 7.55. The van der Waals surface area contributed by atoms with E-state index in [0.717, 1.165) is 16.0 Å². The number of nitrogens with zero attached hydrogens (tertiary/aromatic N) is 2. The monoisotopic (exact) mass is 538 g/mol. The SMILES string of the molecule is CCOc1c(/C=c2\sc3n(c2=O)[C@H](c2ccc(SC)cc2)C(C(=O)OC(C)C)=C(C)N=3)cccc1OC. The summed E-state index contributed by atoms with van der Waals surface area (Å²) >= 11 is 2.90. The van der Waals surface area contributed by atoms with Crippen LogP contribution < -0.4 is 24.4 Å². The van der Waals surface area contributed by atoms with Crippen molar-refractivity contribution in [1.82, 2.24) is 4.57 Å². The third-order valence-electron chi connectivity index (χ3n) is 5.82. The second kappa shape index (κ2) is 11.4. The zero-order valence-corrected chi connectivity index (χ0v) is 23.4. The van der Waals surface area contributed by atoms with Crippen LogP contribution in [0.4, 0.5) is 0 Å². The van der Waals surface area contributed by atoms with Crippen LogP contribution in [0.2, 0.25) is 0 Å². The maximum absolute atomic E-state index is 13.9. The van der Waals surface area contributed by atoms with Crippen LogP contribution in [-0.4, -0.2) is 36.6 Å². The highest BCUT2D eigenvalue weighted by atomic mass is 32.2. The van der Waals surface area contributed by atoms with E-state index in [0.29, 0.717) is 38.7 Å². The molecule has 194 valence electrons. The van der Waals surface area contributed by atoms with Gasteiger partial charge in [-0.1, -0.05) is 35.6 Å². The van der Waals surface area contributed by atoms with Gasteiger partial charge in [0, 0.05) is 10.5 Å². The van der Waals surface area contributed by atoms with E-state index in [1.54, 1.807) is 50.3 Å². The fraction of sp³-hybridized carbons (Fsp3) is 0.321. The van der Waals surface area contributed by atoms with E-state index in [1.807, 2.05) is 55.6 Å². The number of benzene rings is 2. The molecule has 2 heterocycles. The van der Waals surface area contributed by atoms with Crippen molar-refractivity contribution in [2.75, 3.05) is 20.0 Å². The fourth-order valence-electron chi connectivity index (χ4n) is 4.21. The van der Waals surface area contributed by atoms with E-state index in [-0.39, 0.29) is 11.7 Å². The molecular weight excluding hydrogens is 508 g/mol. The molecule has 0 spiro atoms. The van der Waals surface area contributed by atoms with Gasteiger partial charge in [-0.2, -0.15) is 0 Å². The van der Waals surface area contributed by atoms with Crippen LogP contribution >= 0.6 is 23.1 Å². The summed E-state index contributed by atoms with van der Waals surface area (Å²) in [6.45, 7) is 7.74. The highest BCUT2D eigenvalue weighted by Crippen LogP contribution is 2.33. The number of hydrogen-bond donors (Lipinski definition) is 0. The van der Waals surface area contributed by atoms with Crippen LogP contribution in [0, 0.1) is 0 Å². The smallest absolute Gasteiger partial charge is 0.338 e. The number of allylic oxidation sites excluding steroid dienone is 1. The van der Waals surface area contributed by atoms with Crippen LogP contribution in [0.25, 0.3) is 6.08 Å². The minimum Gasteiger partial charge on any atom is -0.493 e. The molecule has 37 heavy (non-hydrogen) atoms. The van der Waals surface area contributed by atoms with Gasteiger partial charge in [-0.15, -0.1) is 11.8 Å². The lowest BCUT2D eigenvalue weighted by Crippen LogP contribution is -2.40. The number of thioether (sulfide) groups is 1. The summed E-state index contributed by atoms with van der Waals surface area (Å²) in [4.78, 5) is 33.4. The first-order chi connectivity index (χ1) is 17.8. The number of hydrogen-bond acceptors (Lipinski definition) is 8. The summed E-state index contributed by atoms with van der Waals surface area (Å²) in [5.74, 6) is 0.681. The van der Waals surface area contributed by atoms with Crippen molar-refractivity contribution in [1.29, 1.82) is 0 Å². The molecule has 0 radical (unpaired) electrons. The molecule has 0 aliphatic carbocycles.